The zero-order valence-electron chi connectivity index (χ0n) is 8.97. The van der Waals surface area contributed by atoms with Crippen LogP contribution in [0.25, 0.3) is 0 Å². The fraction of sp³-hybridized carbons (Fsp3) is 0.167. The molecule has 0 radical (unpaired) electrons. The normalized spacial score (nSPS) is 14.3. The van der Waals surface area contributed by atoms with E-state index in [0.29, 0.717) is 5.69 Å². The first-order valence-corrected chi connectivity index (χ1v) is 5.01. The summed E-state index contributed by atoms with van der Waals surface area (Å²) in [6.45, 7) is 1.79. The molecule has 1 aromatic carbocycles. The minimum Gasteiger partial charge on any atom is -0.369 e. The van der Waals surface area contributed by atoms with Gasteiger partial charge in [-0.25, -0.2) is 0 Å². The Labute approximate surface area is 93.5 Å². The van der Waals surface area contributed by atoms with Gasteiger partial charge in [-0.2, -0.15) is 5.10 Å². The highest BCUT2D eigenvalue weighted by molar-refractivity contribution is 5.89. The first-order chi connectivity index (χ1) is 7.65. The zero-order valence-corrected chi connectivity index (χ0v) is 8.97. The molecule has 2 aromatic rings. The molecule has 4 nitrogen and oxygen atoms in total. The minimum absolute atomic E-state index is 0.400. The number of hydrogen-bond donors (Lipinski definition) is 2. The van der Waals surface area contributed by atoms with Crippen LogP contribution in [0, 0.1) is 0 Å². The molecule has 0 saturated heterocycles. The van der Waals surface area contributed by atoms with Crippen molar-refractivity contribution in [2.24, 2.45) is 5.73 Å². The molecule has 0 aliphatic heterocycles. The molecule has 1 heterocycles. The number of aromatic amines is 1. The topological polar surface area (TPSA) is 71.8 Å². The lowest BCUT2D eigenvalue weighted by atomic mass is 9.79. The number of nitrogens with two attached hydrogens (primary N) is 1. The Morgan fingerprint density at radius 1 is 1.31 bits per heavy atom. The van der Waals surface area contributed by atoms with Gasteiger partial charge in [0.15, 0.2) is 0 Å². The van der Waals surface area contributed by atoms with Gasteiger partial charge in [-0.05, 0) is 18.6 Å². The van der Waals surface area contributed by atoms with E-state index in [1.54, 1.807) is 19.2 Å². The molecule has 1 aromatic heterocycles. The average molecular weight is 215 g/mol. The second-order valence-corrected chi connectivity index (χ2v) is 3.83. The summed E-state index contributed by atoms with van der Waals surface area (Å²) in [5.74, 6) is -0.400. The summed E-state index contributed by atoms with van der Waals surface area (Å²) in [6, 6.07) is 11.2. The number of carbonyl (C=O) groups is 1. The molecule has 0 spiro atoms. The Kier molecular flexibility index (Phi) is 2.48. The molecule has 0 aliphatic rings. The molecule has 2 rings (SSSR count). The third-order valence-electron chi connectivity index (χ3n) is 2.88. The molecule has 0 bridgehead atoms. The van der Waals surface area contributed by atoms with E-state index in [-0.39, 0.29) is 0 Å². The van der Waals surface area contributed by atoms with Crippen LogP contribution < -0.4 is 5.73 Å². The molecule has 82 valence electrons. The van der Waals surface area contributed by atoms with Crippen LogP contribution in [0.15, 0.2) is 42.6 Å². The number of H-pyrrole nitrogens is 1. The highest BCUT2D eigenvalue weighted by Crippen LogP contribution is 2.29. The van der Waals surface area contributed by atoms with Crippen molar-refractivity contribution in [3.05, 3.63) is 53.9 Å². The predicted molar refractivity (Wildman–Crippen MR) is 60.7 cm³/mol. The Hall–Kier alpha value is -2.10. The number of aromatic nitrogens is 2. The Morgan fingerprint density at radius 3 is 2.50 bits per heavy atom. The van der Waals surface area contributed by atoms with Gasteiger partial charge < -0.3 is 5.73 Å². The van der Waals surface area contributed by atoms with Gasteiger partial charge in [0.25, 0.3) is 0 Å². The number of amides is 1. The van der Waals surface area contributed by atoms with Crippen LogP contribution in [-0.4, -0.2) is 16.1 Å². The molecule has 1 atom stereocenters. The van der Waals surface area contributed by atoms with Crippen molar-refractivity contribution in [2.45, 2.75) is 12.3 Å². The van der Waals surface area contributed by atoms with Crippen molar-refractivity contribution >= 4 is 5.91 Å². The Balaban J connectivity index is 2.58. The third-order valence-corrected chi connectivity index (χ3v) is 2.88. The van der Waals surface area contributed by atoms with Gasteiger partial charge in [-0.15, -0.1) is 0 Å². The van der Waals surface area contributed by atoms with Crippen LogP contribution in [0.3, 0.4) is 0 Å². The van der Waals surface area contributed by atoms with E-state index in [4.69, 9.17) is 5.73 Å². The third kappa shape index (κ3) is 1.48. The summed E-state index contributed by atoms with van der Waals surface area (Å²) in [6.07, 6.45) is 1.61. The first kappa shape index (κ1) is 10.4. The van der Waals surface area contributed by atoms with Crippen LogP contribution in [-0.2, 0) is 10.2 Å². The monoisotopic (exact) mass is 215 g/mol. The molecule has 0 aliphatic carbocycles. The van der Waals surface area contributed by atoms with Gasteiger partial charge in [0.05, 0.1) is 5.69 Å². The lowest BCUT2D eigenvalue weighted by Gasteiger charge is -2.24. The van der Waals surface area contributed by atoms with E-state index >= 15 is 0 Å². The van der Waals surface area contributed by atoms with E-state index in [0.717, 1.165) is 5.56 Å². The fourth-order valence-electron chi connectivity index (χ4n) is 1.74. The molecule has 16 heavy (non-hydrogen) atoms. The number of carbonyl (C=O) groups excluding carboxylic acids is 1. The zero-order chi connectivity index (χ0) is 11.6. The number of rotatable bonds is 3. The average Bonchev–Trinajstić information content (AvgIpc) is 2.82. The maximum Gasteiger partial charge on any atom is 0.233 e. The standard InChI is InChI=1S/C12H13N3O/c1-12(11(13)16,10-7-8-14-15-10)9-5-3-2-4-6-9/h2-8H,1H3,(H2,13,16)(H,14,15). The maximum absolute atomic E-state index is 11.7. The number of benzene rings is 1. The second-order valence-electron chi connectivity index (χ2n) is 3.83. The van der Waals surface area contributed by atoms with E-state index in [2.05, 4.69) is 10.2 Å². The summed E-state index contributed by atoms with van der Waals surface area (Å²) in [5.41, 5.74) is 6.20. The van der Waals surface area contributed by atoms with Gasteiger partial charge >= 0.3 is 0 Å². The van der Waals surface area contributed by atoms with Crippen LogP contribution in [0.2, 0.25) is 0 Å². The number of nitrogens with zero attached hydrogens (tertiary/aromatic N) is 1. The highest BCUT2D eigenvalue weighted by Gasteiger charge is 2.36. The van der Waals surface area contributed by atoms with Crippen molar-refractivity contribution in [1.82, 2.24) is 10.2 Å². The van der Waals surface area contributed by atoms with Gasteiger partial charge in [0, 0.05) is 6.20 Å². The van der Waals surface area contributed by atoms with Crippen LogP contribution >= 0.6 is 0 Å². The quantitative estimate of drug-likeness (QED) is 0.807. The van der Waals surface area contributed by atoms with E-state index < -0.39 is 11.3 Å². The van der Waals surface area contributed by atoms with Crippen LogP contribution in [0.1, 0.15) is 18.2 Å². The van der Waals surface area contributed by atoms with Crippen molar-refractivity contribution in [3.63, 3.8) is 0 Å². The Bertz CT molecular complexity index is 478. The first-order valence-electron chi connectivity index (χ1n) is 5.01. The molecular weight excluding hydrogens is 202 g/mol. The largest absolute Gasteiger partial charge is 0.369 e. The lowest BCUT2D eigenvalue weighted by Crippen LogP contribution is -2.39. The second kappa shape index (κ2) is 3.81. The van der Waals surface area contributed by atoms with Crippen molar-refractivity contribution < 1.29 is 4.79 Å². The van der Waals surface area contributed by atoms with Gasteiger partial charge in [-0.1, -0.05) is 30.3 Å². The fourth-order valence-corrected chi connectivity index (χ4v) is 1.74. The molecule has 1 unspecified atom stereocenters. The Morgan fingerprint density at radius 2 is 2.00 bits per heavy atom. The van der Waals surface area contributed by atoms with Gasteiger partial charge in [0.1, 0.15) is 5.41 Å². The number of primary amides is 1. The summed E-state index contributed by atoms with van der Waals surface area (Å²) in [4.78, 5) is 11.7. The summed E-state index contributed by atoms with van der Waals surface area (Å²) in [5, 5.41) is 6.67. The van der Waals surface area contributed by atoms with Crippen molar-refractivity contribution in [2.75, 3.05) is 0 Å². The van der Waals surface area contributed by atoms with Crippen LogP contribution in [0.4, 0.5) is 0 Å². The molecule has 1 amide bonds. The highest BCUT2D eigenvalue weighted by atomic mass is 16.1. The molecular formula is C12H13N3O. The van der Waals surface area contributed by atoms with Gasteiger partial charge in [-0.3, -0.25) is 9.89 Å². The summed E-state index contributed by atoms with van der Waals surface area (Å²) < 4.78 is 0. The molecule has 4 heteroatoms. The summed E-state index contributed by atoms with van der Waals surface area (Å²) in [7, 11) is 0. The number of nitrogens with one attached hydrogen (secondary N) is 1. The summed E-state index contributed by atoms with van der Waals surface area (Å²) >= 11 is 0. The van der Waals surface area contributed by atoms with Crippen LogP contribution in [0.5, 0.6) is 0 Å². The van der Waals surface area contributed by atoms with Gasteiger partial charge in [0.2, 0.25) is 5.91 Å². The molecule has 0 fully saturated rings. The number of hydrogen-bond acceptors (Lipinski definition) is 2. The maximum atomic E-state index is 11.7. The van der Waals surface area contributed by atoms with E-state index in [1.807, 2.05) is 30.3 Å². The molecule has 3 N–H and O–H groups in total. The lowest BCUT2D eigenvalue weighted by molar-refractivity contribution is -0.121. The van der Waals surface area contributed by atoms with E-state index in [9.17, 15) is 4.79 Å². The van der Waals surface area contributed by atoms with E-state index in [1.165, 1.54) is 0 Å². The SMILES string of the molecule is CC(C(N)=O)(c1ccccc1)c1ccn[nH]1. The minimum atomic E-state index is -0.863. The molecule has 0 saturated carbocycles. The predicted octanol–water partition coefficient (Wildman–Crippen LogP) is 1.20. The van der Waals surface area contributed by atoms with Crippen molar-refractivity contribution in [3.8, 4) is 0 Å². The van der Waals surface area contributed by atoms with Crippen molar-refractivity contribution in [1.29, 1.82) is 0 Å². The smallest absolute Gasteiger partial charge is 0.233 e.